The molecule has 1 aliphatic carbocycles. The zero-order valence-corrected chi connectivity index (χ0v) is 29.2. The molecular weight excluding hydrogens is 624 g/mol. The van der Waals surface area contributed by atoms with E-state index in [0.717, 1.165) is 42.6 Å². The highest BCUT2D eigenvalue weighted by molar-refractivity contribution is 6.09. The maximum atomic E-state index is 14.3. The molecule has 2 aliphatic rings. The van der Waals surface area contributed by atoms with E-state index in [0.29, 0.717) is 48.6 Å². The number of carboxylic acids is 1. The van der Waals surface area contributed by atoms with Gasteiger partial charge in [0.1, 0.15) is 18.2 Å². The first-order valence-corrected chi connectivity index (χ1v) is 17.1. The van der Waals surface area contributed by atoms with Gasteiger partial charge in [0.2, 0.25) is 5.88 Å². The van der Waals surface area contributed by atoms with Crippen LogP contribution < -0.4 is 19.3 Å². The highest BCUT2D eigenvalue weighted by atomic mass is 16.5. The lowest BCUT2D eigenvalue weighted by Crippen LogP contribution is -2.39. The van der Waals surface area contributed by atoms with Crippen LogP contribution in [0.2, 0.25) is 0 Å². The minimum absolute atomic E-state index is 0.0121. The van der Waals surface area contributed by atoms with E-state index in [1.807, 2.05) is 37.3 Å². The number of aromatic nitrogens is 2. The number of nitrogens with zero attached hydrogens (tertiary/aromatic N) is 4. The fourth-order valence-electron chi connectivity index (χ4n) is 6.19. The van der Waals surface area contributed by atoms with E-state index in [9.17, 15) is 19.5 Å². The molecule has 1 amide bonds. The molecule has 2 fully saturated rings. The van der Waals surface area contributed by atoms with Crippen molar-refractivity contribution in [2.45, 2.75) is 65.7 Å². The summed E-state index contributed by atoms with van der Waals surface area (Å²) in [5.74, 6) is 0.977. The van der Waals surface area contributed by atoms with Crippen molar-refractivity contribution in [3.05, 3.63) is 71.5 Å². The molecule has 3 aromatic rings. The van der Waals surface area contributed by atoms with Gasteiger partial charge in [0.25, 0.3) is 5.91 Å². The zero-order valence-electron chi connectivity index (χ0n) is 29.2. The van der Waals surface area contributed by atoms with Gasteiger partial charge in [-0.05, 0) is 107 Å². The number of carbonyl (C=O) groups is 3. The third-order valence-corrected chi connectivity index (χ3v) is 9.19. The van der Waals surface area contributed by atoms with Crippen molar-refractivity contribution in [3.63, 3.8) is 0 Å². The molecule has 0 bridgehead atoms. The summed E-state index contributed by atoms with van der Waals surface area (Å²) in [5.41, 5.74) is 2.37. The lowest BCUT2D eigenvalue weighted by atomic mass is 9.92. The Bertz CT molecular complexity index is 1630. The van der Waals surface area contributed by atoms with Gasteiger partial charge in [-0.3, -0.25) is 19.3 Å². The number of piperidine rings is 1. The summed E-state index contributed by atoms with van der Waals surface area (Å²) in [6.07, 6.45) is 5.63. The van der Waals surface area contributed by atoms with Gasteiger partial charge in [-0.2, -0.15) is 0 Å². The molecule has 1 atom stereocenters. The van der Waals surface area contributed by atoms with Gasteiger partial charge in [0.15, 0.2) is 0 Å². The first-order chi connectivity index (χ1) is 23.4. The number of carbonyl (C=O) groups excluding carboxylic acids is 2. The topological polar surface area (TPSA) is 131 Å². The van der Waals surface area contributed by atoms with Crippen LogP contribution in [0.5, 0.6) is 11.6 Å². The maximum absolute atomic E-state index is 14.3. The molecule has 1 aliphatic heterocycles. The number of rotatable bonds is 14. The zero-order chi connectivity index (χ0) is 35.1. The molecule has 1 unspecified atom stereocenters. The van der Waals surface area contributed by atoms with Gasteiger partial charge in [0.05, 0.1) is 43.3 Å². The van der Waals surface area contributed by atoms with Crippen LogP contribution in [0.25, 0.3) is 0 Å². The summed E-state index contributed by atoms with van der Waals surface area (Å²) >= 11 is 0. The van der Waals surface area contributed by atoms with Gasteiger partial charge in [-0.25, -0.2) is 9.97 Å². The van der Waals surface area contributed by atoms with Gasteiger partial charge in [-0.15, -0.1) is 0 Å². The van der Waals surface area contributed by atoms with Crippen LogP contribution >= 0.6 is 0 Å². The fourth-order valence-corrected chi connectivity index (χ4v) is 6.19. The Morgan fingerprint density at radius 1 is 1.04 bits per heavy atom. The minimum Gasteiger partial charge on any atom is -0.497 e. The van der Waals surface area contributed by atoms with Gasteiger partial charge in [-0.1, -0.05) is 6.07 Å². The van der Waals surface area contributed by atoms with E-state index < -0.39 is 11.4 Å². The number of ether oxygens (including phenoxy) is 3. The number of amides is 1. The second-order valence-corrected chi connectivity index (χ2v) is 14.1. The number of carboxylic acid groups (broad SMARTS) is 1. The fraction of sp³-hybridized carbons (Fsp3) is 0.500. The molecular formula is C38H48N4O7. The van der Waals surface area contributed by atoms with Crippen molar-refractivity contribution in [2.75, 3.05) is 49.8 Å². The van der Waals surface area contributed by atoms with Crippen LogP contribution in [0.4, 0.5) is 11.5 Å². The molecule has 11 nitrogen and oxygen atoms in total. The molecule has 0 radical (unpaired) electrons. The van der Waals surface area contributed by atoms with E-state index in [4.69, 9.17) is 14.2 Å². The Hall–Kier alpha value is -4.67. The van der Waals surface area contributed by atoms with E-state index in [-0.39, 0.29) is 43.3 Å². The Balaban J connectivity index is 1.27. The quantitative estimate of drug-likeness (QED) is 0.195. The lowest BCUT2D eigenvalue weighted by Gasteiger charge is -2.35. The molecule has 2 aromatic heterocycles. The van der Waals surface area contributed by atoms with Crippen molar-refractivity contribution < 1.29 is 33.7 Å². The first-order valence-electron chi connectivity index (χ1n) is 17.1. The molecule has 5 rings (SSSR count). The van der Waals surface area contributed by atoms with Gasteiger partial charge in [0, 0.05) is 37.1 Å². The molecule has 1 N–H and O–H groups in total. The number of anilines is 2. The highest BCUT2D eigenvalue weighted by Gasteiger charge is 2.34. The Kier molecular flexibility index (Phi) is 11.4. The number of hydrogen-bond acceptors (Lipinski definition) is 9. The summed E-state index contributed by atoms with van der Waals surface area (Å²) in [6.45, 7) is 9.36. The molecule has 262 valence electrons. The van der Waals surface area contributed by atoms with Crippen LogP contribution in [0.15, 0.2) is 54.7 Å². The predicted molar refractivity (Wildman–Crippen MR) is 186 cm³/mol. The SMILES string of the molecule is COc1ccc(C(=O)N(CCOC(=O)C(C)(C)C)c2cccc(C)n2)c(N2CCC(COc3cc(C(CC(=O)O)C4CC4)ccn3)CC2)c1. The van der Waals surface area contributed by atoms with Crippen molar-refractivity contribution in [2.24, 2.45) is 17.3 Å². The first kappa shape index (κ1) is 35.6. The van der Waals surface area contributed by atoms with E-state index in [2.05, 4.69) is 14.9 Å². The maximum Gasteiger partial charge on any atom is 0.311 e. The number of benzene rings is 1. The molecule has 3 heterocycles. The monoisotopic (exact) mass is 672 g/mol. The molecule has 1 saturated heterocycles. The number of aryl methyl sites for hydroxylation is 1. The Morgan fingerprint density at radius 2 is 1.80 bits per heavy atom. The summed E-state index contributed by atoms with van der Waals surface area (Å²) in [6, 6.07) is 14.8. The minimum atomic E-state index is -0.787. The number of pyridine rings is 2. The van der Waals surface area contributed by atoms with Crippen molar-refractivity contribution in [1.82, 2.24) is 9.97 Å². The predicted octanol–water partition coefficient (Wildman–Crippen LogP) is 6.29. The van der Waals surface area contributed by atoms with Crippen LogP contribution in [-0.4, -0.2) is 72.9 Å². The number of hydrogen-bond donors (Lipinski definition) is 1. The second-order valence-electron chi connectivity index (χ2n) is 14.1. The van der Waals surface area contributed by atoms with Gasteiger partial charge < -0.3 is 24.2 Å². The smallest absolute Gasteiger partial charge is 0.311 e. The Labute approximate surface area is 288 Å². The molecule has 49 heavy (non-hydrogen) atoms. The van der Waals surface area contributed by atoms with Crippen molar-refractivity contribution in [1.29, 1.82) is 0 Å². The third kappa shape index (κ3) is 9.49. The Morgan fingerprint density at radius 3 is 2.45 bits per heavy atom. The van der Waals surface area contributed by atoms with Gasteiger partial charge >= 0.3 is 11.9 Å². The van der Waals surface area contributed by atoms with Crippen LogP contribution in [-0.2, 0) is 14.3 Å². The number of esters is 1. The summed E-state index contributed by atoms with van der Waals surface area (Å²) in [7, 11) is 1.61. The average Bonchev–Trinajstić information content (AvgIpc) is 3.93. The van der Waals surface area contributed by atoms with E-state index in [1.165, 1.54) is 0 Å². The van der Waals surface area contributed by atoms with Crippen molar-refractivity contribution in [3.8, 4) is 11.6 Å². The van der Waals surface area contributed by atoms with E-state index in [1.54, 1.807) is 57.2 Å². The number of aliphatic carboxylic acids is 1. The van der Waals surface area contributed by atoms with Crippen LogP contribution in [0.1, 0.15) is 80.4 Å². The molecule has 1 aromatic carbocycles. The summed E-state index contributed by atoms with van der Waals surface area (Å²) < 4.78 is 17.2. The molecule has 11 heteroatoms. The summed E-state index contributed by atoms with van der Waals surface area (Å²) in [5, 5.41) is 9.41. The third-order valence-electron chi connectivity index (χ3n) is 9.19. The van der Waals surface area contributed by atoms with E-state index >= 15 is 0 Å². The average molecular weight is 673 g/mol. The molecule has 0 spiro atoms. The standard InChI is InChI=1S/C38H48N4O7/c1-25-7-6-8-33(40-25)42(19-20-48-37(46)38(2,3)4)36(45)30-12-11-29(47-5)22-32(30)41-17-14-26(15-18-41)24-49-34-21-28(13-16-39-34)31(23-35(43)44)27-9-10-27/h6-8,11-13,16,21-22,26-27,31H,9-10,14-15,17-20,23-24H2,1-5H3,(H,43,44). The van der Waals surface area contributed by atoms with Crippen LogP contribution in [0.3, 0.4) is 0 Å². The summed E-state index contributed by atoms with van der Waals surface area (Å²) in [4.78, 5) is 51.0. The second kappa shape index (κ2) is 15.7. The van der Waals surface area contributed by atoms with Crippen molar-refractivity contribution >= 4 is 29.4 Å². The lowest BCUT2D eigenvalue weighted by molar-refractivity contribution is -0.152. The highest BCUT2D eigenvalue weighted by Crippen LogP contribution is 2.45. The normalized spacial score (nSPS) is 15.7. The van der Waals surface area contributed by atoms with Crippen LogP contribution in [0, 0.1) is 24.2 Å². The number of methoxy groups -OCH3 is 1. The molecule has 1 saturated carbocycles. The largest absolute Gasteiger partial charge is 0.497 e.